The zero-order valence-electron chi connectivity index (χ0n) is 15.1. The highest BCUT2D eigenvalue weighted by Crippen LogP contribution is 2.21. The third-order valence-electron chi connectivity index (χ3n) is 3.98. The van der Waals surface area contributed by atoms with Gasteiger partial charge < -0.3 is 20.4 Å². The predicted molar refractivity (Wildman–Crippen MR) is 101 cm³/mol. The lowest BCUT2D eigenvalue weighted by Crippen LogP contribution is -2.36. The lowest BCUT2D eigenvalue weighted by molar-refractivity contribution is 0.243. The third-order valence-corrected chi connectivity index (χ3v) is 3.98. The molecule has 0 saturated carbocycles. The number of rotatable bonds is 6. The van der Waals surface area contributed by atoms with Crippen molar-refractivity contribution >= 4 is 17.4 Å². The Balaban J connectivity index is 1.96. The minimum absolute atomic E-state index is 0.0511. The molecule has 2 N–H and O–H groups in total. The van der Waals surface area contributed by atoms with Gasteiger partial charge in [0.2, 0.25) is 0 Å². The SMILES string of the molecule is CN(C)c1ccc([C@H](CNC(=O)Nc2ccc(F)cc2)N(C)C)cc1. The lowest BCUT2D eigenvalue weighted by Gasteiger charge is -2.26. The molecule has 5 nitrogen and oxygen atoms in total. The van der Waals surface area contributed by atoms with Crippen molar-refractivity contribution in [3.63, 3.8) is 0 Å². The molecule has 2 rings (SSSR count). The second-order valence-corrected chi connectivity index (χ2v) is 6.31. The Hall–Kier alpha value is -2.60. The van der Waals surface area contributed by atoms with Crippen molar-refractivity contribution in [3.05, 3.63) is 59.9 Å². The van der Waals surface area contributed by atoms with Crippen LogP contribution in [-0.2, 0) is 0 Å². The fourth-order valence-electron chi connectivity index (χ4n) is 2.49. The summed E-state index contributed by atoms with van der Waals surface area (Å²) in [6, 6.07) is 13.7. The maximum absolute atomic E-state index is 12.9. The number of likely N-dealkylation sites (N-methyl/N-ethyl adjacent to an activating group) is 1. The molecule has 2 amide bonds. The monoisotopic (exact) mass is 344 g/mol. The molecule has 0 saturated heterocycles. The van der Waals surface area contributed by atoms with Crippen LogP contribution in [0.5, 0.6) is 0 Å². The summed E-state index contributed by atoms with van der Waals surface area (Å²) in [5, 5.41) is 5.56. The number of carbonyl (C=O) groups excluding carboxylic acids is 1. The maximum atomic E-state index is 12.9. The molecule has 6 heteroatoms. The molecule has 2 aromatic rings. The van der Waals surface area contributed by atoms with E-state index >= 15 is 0 Å². The Labute approximate surface area is 148 Å². The van der Waals surface area contributed by atoms with E-state index in [4.69, 9.17) is 0 Å². The zero-order valence-corrected chi connectivity index (χ0v) is 15.1. The number of amides is 2. The smallest absolute Gasteiger partial charge is 0.319 e. The Morgan fingerprint density at radius 2 is 1.60 bits per heavy atom. The van der Waals surface area contributed by atoms with Crippen molar-refractivity contribution in [2.24, 2.45) is 0 Å². The van der Waals surface area contributed by atoms with Gasteiger partial charge in [-0.25, -0.2) is 9.18 Å². The van der Waals surface area contributed by atoms with Gasteiger partial charge in [-0.15, -0.1) is 0 Å². The Morgan fingerprint density at radius 1 is 1.00 bits per heavy atom. The van der Waals surface area contributed by atoms with Crippen LogP contribution in [0.3, 0.4) is 0 Å². The average molecular weight is 344 g/mol. The fourth-order valence-corrected chi connectivity index (χ4v) is 2.49. The second-order valence-electron chi connectivity index (χ2n) is 6.31. The molecule has 0 aliphatic heterocycles. The summed E-state index contributed by atoms with van der Waals surface area (Å²) < 4.78 is 12.9. The van der Waals surface area contributed by atoms with E-state index in [0.717, 1.165) is 11.3 Å². The molecule has 0 spiro atoms. The van der Waals surface area contributed by atoms with Crippen LogP contribution in [0, 0.1) is 5.82 Å². The summed E-state index contributed by atoms with van der Waals surface area (Å²) in [6.45, 7) is 0.460. The van der Waals surface area contributed by atoms with Crippen LogP contribution >= 0.6 is 0 Å². The number of carbonyl (C=O) groups is 1. The normalized spacial score (nSPS) is 11.9. The zero-order chi connectivity index (χ0) is 18.4. The summed E-state index contributed by atoms with van der Waals surface area (Å²) in [6.07, 6.45) is 0. The van der Waals surface area contributed by atoms with E-state index in [1.54, 1.807) is 0 Å². The summed E-state index contributed by atoms with van der Waals surface area (Å²) in [4.78, 5) is 16.2. The molecule has 2 aromatic carbocycles. The summed E-state index contributed by atoms with van der Waals surface area (Å²) in [7, 11) is 7.95. The van der Waals surface area contributed by atoms with E-state index in [1.165, 1.54) is 24.3 Å². The molecule has 0 heterocycles. The molecule has 0 radical (unpaired) electrons. The Morgan fingerprint density at radius 3 is 2.12 bits per heavy atom. The van der Waals surface area contributed by atoms with Crippen molar-refractivity contribution in [2.45, 2.75) is 6.04 Å². The minimum atomic E-state index is -0.334. The molecule has 134 valence electrons. The molecular weight excluding hydrogens is 319 g/mol. The molecule has 0 aliphatic rings. The molecule has 25 heavy (non-hydrogen) atoms. The van der Waals surface area contributed by atoms with Crippen LogP contribution in [0.15, 0.2) is 48.5 Å². The predicted octanol–water partition coefficient (Wildman–Crippen LogP) is 3.32. The Bertz CT molecular complexity index is 684. The summed E-state index contributed by atoms with van der Waals surface area (Å²) in [5.41, 5.74) is 2.80. The minimum Gasteiger partial charge on any atom is -0.378 e. The first-order valence-electron chi connectivity index (χ1n) is 8.11. The van der Waals surface area contributed by atoms with Gasteiger partial charge in [0.05, 0.1) is 6.04 Å². The number of nitrogens with zero attached hydrogens (tertiary/aromatic N) is 2. The number of nitrogens with one attached hydrogen (secondary N) is 2. The van der Waals surface area contributed by atoms with Gasteiger partial charge in [-0.3, -0.25) is 0 Å². The van der Waals surface area contributed by atoms with Gasteiger partial charge in [-0.1, -0.05) is 12.1 Å². The quantitative estimate of drug-likeness (QED) is 0.845. The van der Waals surface area contributed by atoms with Crippen LogP contribution in [0.1, 0.15) is 11.6 Å². The number of urea groups is 1. The first-order valence-corrected chi connectivity index (χ1v) is 8.11. The van der Waals surface area contributed by atoms with Crippen molar-refractivity contribution in [1.82, 2.24) is 10.2 Å². The largest absolute Gasteiger partial charge is 0.378 e. The standard InChI is InChI=1S/C19H25FN4O/c1-23(2)17-11-5-14(6-12-17)18(24(3)4)13-21-19(25)22-16-9-7-15(20)8-10-16/h5-12,18H,13H2,1-4H3,(H2,21,22,25)/t18-/m0/s1. The molecule has 0 aromatic heterocycles. The first kappa shape index (κ1) is 18.7. The molecule has 0 aliphatic carbocycles. The van der Waals surface area contributed by atoms with E-state index in [-0.39, 0.29) is 17.9 Å². The van der Waals surface area contributed by atoms with Gasteiger partial charge in [-0.05, 0) is 56.1 Å². The molecule has 1 atom stereocenters. The topological polar surface area (TPSA) is 47.6 Å². The summed E-state index contributed by atoms with van der Waals surface area (Å²) >= 11 is 0. The van der Waals surface area contributed by atoms with E-state index < -0.39 is 0 Å². The maximum Gasteiger partial charge on any atom is 0.319 e. The number of hydrogen-bond acceptors (Lipinski definition) is 3. The number of benzene rings is 2. The highest BCUT2D eigenvalue weighted by molar-refractivity contribution is 5.89. The highest BCUT2D eigenvalue weighted by atomic mass is 19.1. The number of anilines is 2. The van der Waals surface area contributed by atoms with Crippen LogP contribution in [0.25, 0.3) is 0 Å². The van der Waals surface area contributed by atoms with Gasteiger partial charge in [-0.2, -0.15) is 0 Å². The van der Waals surface area contributed by atoms with Crippen LogP contribution in [0.4, 0.5) is 20.6 Å². The van der Waals surface area contributed by atoms with Crippen LogP contribution < -0.4 is 15.5 Å². The molecular formula is C19H25FN4O. The van der Waals surface area contributed by atoms with Gasteiger partial charge in [0.25, 0.3) is 0 Å². The van der Waals surface area contributed by atoms with Crippen molar-refractivity contribution in [1.29, 1.82) is 0 Å². The van der Waals surface area contributed by atoms with Gasteiger partial charge in [0, 0.05) is 32.0 Å². The van der Waals surface area contributed by atoms with E-state index in [2.05, 4.69) is 39.8 Å². The van der Waals surface area contributed by atoms with E-state index in [1.807, 2.05) is 33.1 Å². The van der Waals surface area contributed by atoms with Gasteiger partial charge in [0.15, 0.2) is 0 Å². The molecule has 0 bridgehead atoms. The van der Waals surface area contributed by atoms with Crippen LogP contribution in [-0.4, -0.2) is 45.7 Å². The molecule has 0 fully saturated rings. The average Bonchev–Trinajstić information content (AvgIpc) is 2.57. The summed E-state index contributed by atoms with van der Waals surface area (Å²) in [5.74, 6) is -0.334. The van der Waals surface area contributed by atoms with E-state index in [9.17, 15) is 9.18 Å². The van der Waals surface area contributed by atoms with Crippen molar-refractivity contribution in [3.8, 4) is 0 Å². The Kier molecular flexibility index (Phi) is 6.36. The van der Waals surface area contributed by atoms with Crippen molar-refractivity contribution in [2.75, 3.05) is 45.0 Å². The van der Waals surface area contributed by atoms with Gasteiger partial charge >= 0.3 is 6.03 Å². The lowest BCUT2D eigenvalue weighted by atomic mass is 10.1. The fraction of sp³-hybridized carbons (Fsp3) is 0.316. The highest BCUT2D eigenvalue weighted by Gasteiger charge is 2.15. The van der Waals surface area contributed by atoms with E-state index in [0.29, 0.717) is 12.2 Å². The molecule has 0 unspecified atom stereocenters. The van der Waals surface area contributed by atoms with Crippen LogP contribution in [0.2, 0.25) is 0 Å². The van der Waals surface area contributed by atoms with Crippen molar-refractivity contribution < 1.29 is 9.18 Å². The third kappa shape index (κ3) is 5.46. The number of halogens is 1. The number of hydrogen-bond donors (Lipinski definition) is 2. The second kappa shape index (κ2) is 8.48. The van der Waals surface area contributed by atoms with Gasteiger partial charge in [0.1, 0.15) is 5.82 Å². The first-order chi connectivity index (χ1) is 11.9.